The lowest BCUT2D eigenvalue weighted by Gasteiger charge is -2.34. The molecule has 114 valence electrons. The Hall–Kier alpha value is -1.22. The van der Waals surface area contributed by atoms with Crippen molar-refractivity contribution in [2.24, 2.45) is 11.8 Å². The second-order valence-corrected chi connectivity index (χ2v) is 6.59. The third-order valence-corrected chi connectivity index (χ3v) is 5.05. The van der Waals surface area contributed by atoms with Crippen LogP contribution in [0.4, 0.5) is 0 Å². The quantitative estimate of drug-likeness (QED) is 0.763. The Labute approximate surface area is 131 Å². The van der Waals surface area contributed by atoms with Crippen LogP contribution < -0.4 is 4.74 Å². The molecule has 21 heavy (non-hydrogen) atoms. The molecule has 1 aromatic heterocycles. The van der Waals surface area contributed by atoms with Gasteiger partial charge in [0, 0.05) is 6.04 Å². The van der Waals surface area contributed by atoms with E-state index in [9.17, 15) is 0 Å². The fraction of sp³-hybridized carbons (Fsp3) is 0.588. The minimum Gasteiger partial charge on any atom is -0.494 e. The molecule has 1 aliphatic carbocycles. The summed E-state index contributed by atoms with van der Waals surface area (Å²) in [5.41, 5.74) is 2.08. The van der Waals surface area contributed by atoms with Gasteiger partial charge in [0.25, 0.3) is 0 Å². The maximum absolute atomic E-state index is 6.17. The van der Waals surface area contributed by atoms with Crippen LogP contribution in [-0.4, -0.2) is 16.7 Å². The Kier molecular flexibility index (Phi) is 4.12. The number of fused-ring (bicyclic) bond motifs is 1. The van der Waals surface area contributed by atoms with Crippen LogP contribution in [0.15, 0.2) is 18.2 Å². The van der Waals surface area contributed by atoms with Crippen molar-refractivity contribution < 1.29 is 4.74 Å². The lowest BCUT2D eigenvalue weighted by Crippen LogP contribution is -2.25. The smallest absolute Gasteiger partial charge is 0.146 e. The van der Waals surface area contributed by atoms with E-state index in [1.54, 1.807) is 7.11 Å². The highest BCUT2D eigenvalue weighted by Crippen LogP contribution is 2.40. The number of aromatic nitrogens is 2. The first-order chi connectivity index (χ1) is 10.2. The Morgan fingerprint density at radius 3 is 2.81 bits per heavy atom. The van der Waals surface area contributed by atoms with Crippen molar-refractivity contribution in [2.45, 2.75) is 45.0 Å². The number of nitrogens with zero attached hydrogens (tertiary/aromatic N) is 2. The van der Waals surface area contributed by atoms with Crippen LogP contribution in [0.1, 0.15) is 45.0 Å². The van der Waals surface area contributed by atoms with Crippen molar-refractivity contribution in [3.63, 3.8) is 0 Å². The summed E-state index contributed by atoms with van der Waals surface area (Å²) in [6.45, 7) is 4.70. The van der Waals surface area contributed by atoms with Crippen LogP contribution in [0.5, 0.6) is 5.75 Å². The molecule has 3 rings (SSSR count). The molecular formula is C17H23ClN2O. The summed E-state index contributed by atoms with van der Waals surface area (Å²) in [6, 6.07) is 6.62. The molecule has 0 amide bonds. The molecule has 1 heterocycles. The second-order valence-electron chi connectivity index (χ2n) is 6.32. The number of halogens is 1. The molecule has 1 fully saturated rings. The van der Waals surface area contributed by atoms with Crippen LogP contribution in [-0.2, 0) is 5.88 Å². The minimum atomic E-state index is 0.441. The molecule has 0 radical (unpaired) electrons. The Bertz CT molecular complexity index is 637. The van der Waals surface area contributed by atoms with E-state index in [0.717, 1.165) is 28.5 Å². The Balaban J connectivity index is 2.12. The lowest BCUT2D eigenvalue weighted by atomic mass is 9.79. The van der Waals surface area contributed by atoms with Crippen molar-refractivity contribution in [1.29, 1.82) is 0 Å². The first-order valence-electron chi connectivity index (χ1n) is 7.75. The molecular weight excluding hydrogens is 284 g/mol. The maximum Gasteiger partial charge on any atom is 0.146 e. The minimum absolute atomic E-state index is 0.441. The summed E-state index contributed by atoms with van der Waals surface area (Å²) in [5.74, 6) is 3.70. The van der Waals surface area contributed by atoms with E-state index in [1.165, 1.54) is 19.3 Å². The van der Waals surface area contributed by atoms with E-state index in [2.05, 4.69) is 24.5 Å². The van der Waals surface area contributed by atoms with Gasteiger partial charge in [-0.1, -0.05) is 19.9 Å². The summed E-state index contributed by atoms with van der Waals surface area (Å²) in [7, 11) is 1.69. The molecule has 0 N–H and O–H groups in total. The molecule has 1 aliphatic rings. The number of alkyl halides is 1. The zero-order valence-corrected chi connectivity index (χ0v) is 13.7. The zero-order valence-electron chi connectivity index (χ0n) is 13.0. The van der Waals surface area contributed by atoms with E-state index < -0.39 is 0 Å². The normalized spacial score (nSPS) is 26.2. The van der Waals surface area contributed by atoms with Gasteiger partial charge in [-0.2, -0.15) is 0 Å². The van der Waals surface area contributed by atoms with E-state index in [1.807, 2.05) is 12.1 Å². The molecule has 0 bridgehead atoms. The molecule has 3 nitrogen and oxygen atoms in total. The van der Waals surface area contributed by atoms with Gasteiger partial charge in [-0.15, -0.1) is 11.6 Å². The number of ether oxygens (including phenoxy) is 1. The van der Waals surface area contributed by atoms with E-state index in [-0.39, 0.29) is 0 Å². The van der Waals surface area contributed by atoms with Gasteiger partial charge in [0.2, 0.25) is 0 Å². The first-order valence-corrected chi connectivity index (χ1v) is 8.29. The van der Waals surface area contributed by atoms with Gasteiger partial charge in [0.05, 0.1) is 18.5 Å². The molecule has 1 aromatic carbocycles. The first kappa shape index (κ1) is 14.7. The number of benzene rings is 1. The van der Waals surface area contributed by atoms with E-state index in [4.69, 9.17) is 21.3 Å². The zero-order chi connectivity index (χ0) is 15.0. The van der Waals surface area contributed by atoms with Crippen LogP contribution in [0.3, 0.4) is 0 Å². The molecule has 4 heteroatoms. The third-order valence-electron chi connectivity index (χ3n) is 4.81. The van der Waals surface area contributed by atoms with Gasteiger partial charge in [0.1, 0.15) is 17.1 Å². The largest absolute Gasteiger partial charge is 0.494 e. The molecule has 0 aliphatic heterocycles. The number of rotatable bonds is 3. The maximum atomic E-state index is 6.17. The molecule has 0 spiro atoms. The van der Waals surface area contributed by atoms with Gasteiger partial charge in [-0.05, 0) is 43.2 Å². The number of imidazole rings is 1. The van der Waals surface area contributed by atoms with Gasteiger partial charge >= 0.3 is 0 Å². The fourth-order valence-electron chi connectivity index (χ4n) is 3.80. The number of hydrogen-bond acceptors (Lipinski definition) is 2. The lowest BCUT2D eigenvalue weighted by molar-refractivity contribution is 0.209. The molecule has 3 unspecified atom stereocenters. The Morgan fingerprint density at radius 1 is 1.33 bits per heavy atom. The van der Waals surface area contributed by atoms with Crippen molar-refractivity contribution in [3.8, 4) is 5.75 Å². The average molecular weight is 307 g/mol. The monoisotopic (exact) mass is 306 g/mol. The van der Waals surface area contributed by atoms with Crippen LogP contribution in [0.25, 0.3) is 11.0 Å². The topological polar surface area (TPSA) is 27.1 Å². The van der Waals surface area contributed by atoms with Gasteiger partial charge < -0.3 is 9.30 Å². The summed E-state index contributed by atoms with van der Waals surface area (Å²) < 4.78 is 7.82. The summed E-state index contributed by atoms with van der Waals surface area (Å²) in [6.07, 6.45) is 3.76. The molecule has 1 saturated carbocycles. The highest BCUT2D eigenvalue weighted by Gasteiger charge is 2.29. The van der Waals surface area contributed by atoms with Crippen LogP contribution in [0.2, 0.25) is 0 Å². The summed E-state index contributed by atoms with van der Waals surface area (Å²) >= 11 is 6.17. The average Bonchev–Trinajstić information content (AvgIpc) is 2.85. The van der Waals surface area contributed by atoms with Crippen LogP contribution in [0, 0.1) is 11.8 Å². The molecule has 3 atom stereocenters. The van der Waals surface area contributed by atoms with Gasteiger partial charge in [0.15, 0.2) is 0 Å². The van der Waals surface area contributed by atoms with Crippen molar-refractivity contribution in [3.05, 3.63) is 24.0 Å². The SMILES string of the molecule is COc1cccc2c1nc(CCl)n2C1CCC(C)CC1C. The molecule has 0 saturated heterocycles. The standard InChI is InChI=1S/C17H23ClN2O/c1-11-7-8-13(12(2)9-11)20-14-5-4-6-15(21-3)17(14)19-16(20)10-18/h4-6,11-13H,7-10H2,1-3H3. The van der Waals surface area contributed by atoms with Gasteiger partial charge in [-0.25, -0.2) is 4.98 Å². The predicted octanol–water partition coefficient (Wildman–Crippen LogP) is 4.78. The van der Waals surface area contributed by atoms with Crippen molar-refractivity contribution >= 4 is 22.6 Å². The Morgan fingerprint density at radius 2 is 2.14 bits per heavy atom. The van der Waals surface area contributed by atoms with E-state index >= 15 is 0 Å². The number of para-hydroxylation sites is 1. The second kappa shape index (κ2) is 5.88. The third kappa shape index (κ3) is 2.52. The fourth-order valence-corrected chi connectivity index (χ4v) is 3.99. The summed E-state index contributed by atoms with van der Waals surface area (Å²) in [4.78, 5) is 4.74. The van der Waals surface area contributed by atoms with Crippen LogP contribution >= 0.6 is 11.6 Å². The van der Waals surface area contributed by atoms with Crippen molar-refractivity contribution in [1.82, 2.24) is 9.55 Å². The highest BCUT2D eigenvalue weighted by atomic mass is 35.5. The number of methoxy groups -OCH3 is 1. The highest BCUT2D eigenvalue weighted by molar-refractivity contribution is 6.16. The van der Waals surface area contributed by atoms with E-state index in [0.29, 0.717) is 17.8 Å². The summed E-state index contributed by atoms with van der Waals surface area (Å²) in [5, 5.41) is 0. The number of hydrogen-bond donors (Lipinski definition) is 0. The van der Waals surface area contributed by atoms with Crippen molar-refractivity contribution in [2.75, 3.05) is 7.11 Å². The van der Waals surface area contributed by atoms with Gasteiger partial charge in [-0.3, -0.25) is 0 Å². The molecule has 2 aromatic rings. The predicted molar refractivity (Wildman–Crippen MR) is 87.1 cm³/mol.